The summed E-state index contributed by atoms with van der Waals surface area (Å²) in [6, 6.07) is 12.0. The molecular formula is C21H24ClNO2. The highest BCUT2D eigenvalue weighted by Gasteiger charge is 2.15. The first-order chi connectivity index (χ1) is 12.1. The van der Waals surface area contributed by atoms with E-state index in [-0.39, 0.29) is 5.91 Å². The molecule has 1 aliphatic carbocycles. The van der Waals surface area contributed by atoms with Crippen molar-refractivity contribution in [2.45, 2.75) is 38.6 Å². The average Bonchev–Trinajstić information content (AvgIpc) is 2.61. The van der Waals surface area contributed by atoms with E-state index in [9.17, 15) is 4.79 Å². The van der Waals surface area contributed by atoms with Crippen LogP contribution in [-0.4, -0.2) is 25.0 Å². The fraction of sp³-hybridized carbons (Fsp3) is 0.381. The highest BCUT2D eigenvalue weighted by atomic mass is 35.5. The highest BCUT2D eigenvalue weighted by Crippen LogP contribution is 2.25. The Bertz CT molecular complexity index is 772. The third-order valence-corrected chi connectivity index (χ3v) is 5.08. The number of methoxy groups -OCH3 is 1. The zero-order chi connectivity index (χ0) is 17.8. The van der Waals surface area contributed by atoms with Gasteiger partial charge in [-0.3, -0.25) is 4.79 Å². The quantitative estimate of drug-likeness (QED) is 0.792. The lowest BCUT2D eigenvalue weighted by molar-refractivity contribution is -0.129. The smallest absolute Gasteiger partial charge is 0.227 e. The minimum atomic E-state index is 0.0952. The highest BCUT2D eigenvalue weighted by molar-refractivity contribution is 6.30. The zero-order valence-corrected chi connectivity index (χ0v) is 15.6. The van der Waals surface area contributed by atoms with Crippen LogP contribution in [0.25, 0.3) is 0 Å². The monoisotopic (exact) mass is 357 g/mol. The van der Waals surface area contributed by atoms with E-state index >= 15 is 0 Å². The molecule has 0 atom stereocenters. The number of amides is 1. The first-order valence-corrected chi connectivity index (χ1v) is 9.11. The number of likely N-dealkylation sites (N-methyl/N-ethyl adjacent to an activating group) is 1. The Labute approximate surface area is 154 Å². The Balaban J connectivity index is 1.68. The average molecular weight is 358 g/mol. The molecule has 0 saturated carbocycles. The summed E-state index contributed by atoms with van der Waals surface area (Å²) in [5, 5.41) is 0.645. The van der Waals surface area contributed by atoms with Gasteiger partial charge < -0.3 is 9.64 Å². The van der Waals surface area contributed by atoms with Crippen molar-refractivity contribution >= 4 is 17.5 Å². The summed E-state index contributed by atoms with van der Waals surface area (Å²) in [6.07, 6.45) is 5.24. The Hall–Kier alpha value is -2.00. The van der Waals surface area contributed by atoms with Crippen molar-refractivity contribution in [1.29, 1.82) is 0 Å². The van der Waals surface area contributed by atoms with E-state index in [1.165, 1.54) is 24.0 Å². The van der Waals surface area contributed by atoms with Crippen LogP contribution in [0.1, 0.15) is 35.1 Å². The minimum absolute atomic E-state index is 0.0952. The van der Waals surface area contributed by atoms with E-state index in [4.69, 9.17) is 16.3 Å². The van der Waals surface area contributed by atoms with Gasteiger partial charge in [0.1, 0.15) is 5.75 Å². The van der Waals surface area contributed by atoms with Crippen LogP contribution in [0.3, 0.4) is 0 Å². The molecule has 2 aromatic rings. The van der Waals surface area contributed by atoms with Crippen molar-refractivity contribution in [3.05, 3.63) is 63.7 Å². The second kappa shape index (κ2) is 7.92. The number of aryl methyl sites for hydroxylation is 2. The molecule has 25 heavy (non-hydrogen) atoms. The van der Waals surface area contributed by atoms with Gasteiger partial charge >= 0.3 is 0 Å². The molecule has 0 N–H and O–H groups in total. The zero-order valence-electron chi connectivity index (χ0n) is 14.8. The Kier molecular flexibility index (Phi) is 5.64. The molecule has 0 aromatic heterocycles. The molecule has 3 rings (SSSR count). The standard InChI is InChI=1S/C21H24ClNO2/c1-23(14-18-13-19(22)9-10-20(18)25-2)21(24)12-15-7-8-16-5-3-4-6-17(16)11-15/h7-11,13H,3-6,12,14H2,1-2H3. The third-order valence-electron chi connectivity index (χ3n) is 4.84. The number of hydrogen-bond acceptors (Lipinski definition) is 2. The Morgan fingerprint density at radius 3 is 2.64 bits per heavy atom. The summed E-state index contributed by atoms with van der Waals surface area (Å²) in [7, 11) is 3.45. The molecule has 1 aliphatic rings. The summed E-state index contributed by atoms with van der Waals surface area (Å²) >= 11 is 6.08. The summed E-state index contributed by atoms with van der Waals surface area (Å²) in [4.78, 5) is 14.4. The lowest BCUT2D eigenvalue weighted by Gasteiger charge is -2.20. The summed E-state index contributed by atoms with van der Waals surface area (Å²) in [5.74, 6) is 0.843. The van der Waals surface area contributed by atoms with Crippen molar-refractivity contribution in [3.8, 4) is 5.75 Å². The van der Waals surface area contributed by atoms with Crippen LogP contribution >= 0.6 is 11.6 Å². The van der Waals surface area contributed by atoms with Gasteiger partial charge in [0.2, 0.25) is 5.91 Å². The van der Waals surface area contributed by atoms with Gasteiger partial charge in [0, 0.05) is 24.2 Å². The molecule has 0 spiro atoms. The summed E-state index contributed by atoms with van der Waals surface area (Å²) in [5.41, 5.74) is 4.86. The maximum atomic E-state index is 12.6. The second-order valence-electron chi connectivity index (χ2n) is 6.69. The molecular weight excluding hydrogens is 334 g/mol. The fourth-order valence-electron chi connectivity index (χ4n) is 3.42. The van der Waals surface area contributed by atoms with E-state index in [1.807, 2.05) is 19.2 Å². The third kappa shape index (κ3) is 4.35. The van der Waals surface area contributed by atoms with Crippen LogP contribution in [0.5, 0.6) is 5.75 Å². The Morgan fingerprint density at radius 2 is 1.88 bits per heavy atom. The molecule has 0 unspecified atom stereocenters. The molecule has 0 bridgehead atoms. The molecule has 0 heterocycles. The molecule has 0 radical (unpaired) electrons. The number of ether oxygens (including phenoxy) is 1. The number of benzene rings is 2. The maximum absolute atomic E-state index is 12.6. The number of carbonyl (C=O) groups is 1. The van der Waals surface area contributed by atoms with E-state index < -0.39 is 0 Å². The van der Waals surface area contributed by atoms with Gasteiger partial charge in [-0.25, -0.2) is 0 Å². The topological polar surface area (TPSA) is 29.5 Å². The van der Waals surface area contributed by atoms with E-state index in [1.54, 1.807) is 18.1 Å². The first-order valence-electron chi connectivity index (χ1n) is 8.74. The van der Waals surface area contributed by atoms with Crippen LogP contribution in [0.4, 0.5) is 0 Å². The van der Waals surface area contributed by atoms with Gasteiger partial charge in [-0.2, -0.15) is 0 Å². The number of halogens is 1. The Morgan fingerprint density at radius 1 is 1.12 bits per heavy atom. The molecule has 4 heteroatoms. The molecule has 3 nitrogen and oxygen atoms in total. The molecule has 1 amide bonds. The van der Waals surface area contributed by atoms with Crippen molar-refractivity contribution in [2.24, 2.45) is 0 Å². The number of fused-ring (bicyclic) bond motifs is 1. The van der Waals surface area contributed by atoms with Gasteiger partial charge in [0.05, 0.1) is 13.5 Å². The van der Waals surface area contributed by atoms with Gasteiger partial charge in [0.15, 0.2) is 0 Å². The largest absolute Gasteiger partial charge is 0.496 e. The van der Waals surface area contributed by atoms with Gasteiger partial charge in [0.25, 0.3) is 0 Å². The van der Waals surface area contributed by atoms with Crippen LogP contribution < -0.4 is 4.74 Å². The predicted molar refractivity (Wildman–Crippen MR) is 101 cm³/mol. The SMILES string of the molecule is COc1ccc(Cl)cc1CN(C)C(=O)Cc1ccc2c(c1)CCCC2. The van der Waals surface area contributed by atoms with Crippen molar-refractivity contribution in [1.82, 2.24) is 4.90 Å². The summed E-state index contributed by atoms with van der Waals surface area (Å²) < 4.78 is 5.36. The van der Waals surface area contributed by atoms with E-state index in [0.717, 1.165) is 29.7 Å². The molecule has 132 valence electrons. The van der Waals surface area contributed by atoms with Crippen LogP contribution in [-0.2, 0) is 30.6 Å². The fourth-order valence-corrected chi connectivity index (χ4v) is 3.62. The van der Waals surface area contributed by atoms with Crippen molar-refractivity contribution in [2.75, 3.05) is 14.2 Å². The van der Waals surface area contributed by atoms with E-state index in [0.29, 0.717) is 18.0 Å². The molecule has 0 aliphatic heterocycles. The minimum Gasteiger partial charge on any atom is -0.496 e. The molecule has 0 saturated heterocycles. The van der Waals surface area contributed by atoms with Crippen molar-refractivity contribution < 1.29 is 9.53 Å². The van der Waals surface area contributed by atoms with Crippen LogP contribution in [0.2, 0.25) is 5.02 Å². The summed E-state index contributed by atoms with van der Waals surface area (Å²) in [6.45, 7) is 0.480. The normalized spacial score (nSPS) is 13.2. The van der Waals surface area contributed by atoms with Gasteiger partial charge in [-0.15, -0.1) is 0 Å². The van der Waals surface area contributed by atoms with Crippen LogP contribution in [0, 0.1) is 0 Å². The van der Waals surface area contributed by atoms with Crippen LogP contribution in [0.15, 0.2) is 36.4 Å². The van der Waals surface area contributed by atoms with E-state index in [2.05, 4.69) is 18.2 Å². The van der Waals surface area contributed by atoms with Gasteiger partial charge in [-0.1, -0.05) is 29.8 Å². The molecule has 0 fully saturated rings. The first kappa shape index (κ1) is 17.8. The second-order valence-corrected chi connectivity index (χ2v) is 7.13. The maximum Gasteiger partial charge on any atom is 0.227 e. The molecule has 2 aromatic carbocycles. The number of carbonyl (C=O) groups excluding carboxylic acids is 1. The van der Waals surface area contributed by atoms with Crippen molar-refractivity contribution in [3.63, 3.8) is 0 Å². The lowest BCUT2D eigenvalue weighted by Crippen LogP contribution is -2.28. The number of rotatable bonds is 5. The van der Waals surface area contributed by atoms with Gasteiger partial charge in [-0.05, 0) is 60.6 Å². The lowest BCUT2D eigenvalue weighted by atomic mass is 9.90. The predicted octanol–water partition coefficient (Wildman–Crippen LogP) is 4.43. The number of nitrogens with zero attached hydrogens (tertiary/aromatic N) is 1. The number of hydrogen-bond donors (Lipinski definition) is 0.